The van der Waals surface area contributed by atoms with Crippen LogP contribution in [-0.2, 0) is 11.2 Å². The van der Waals surface area contributed by atoms with Crippen molar-refractivity contribution in [3.8, 4) is 0 Å². The van der Waals surface area contributed by atoms with Crippen LogP contribution in [0.15, 0.2) is 16.7 Å². The second-order valence-corrected chi connectivity index (χ2v) is 6.07. The first-order chi connectivity index (χ1) is 10.6. The van der Waals surface area contributed by atoms with E-state index in [0.29, 0.717) is 11.8 Å². The van der Waals surface area contributed by atoms with E-state index in [1.165, 1.54) is 19.3 Å². The highest BCUT2D eigenvalue weighted by Crippen LogP contribution is 2.30. The van der Waals surface area contributed by atoms with Gasteiger partial charge < -0.3 is 9.84 Å². The predicted molar refractivity (Wildman–Crippen MR) is 82.7 cm³/mol. The fraction of sp³-hybridized carbons (Fsp3) is 0.562. The number of aryl methyl sites for hydroxylation is 2. The SMILES string of the molecule is Cc1cc(CC(=O)Nc2cc(C)nn2C2CCCCC2)on1. The van der Waals surface area contributed by atoms with Gasteiger partial charge in [-0.15, -0.1) is 0 Å². The minimum Gasteiger partial charge on any atom is -0.361 e. The molecule has 2 aromatic heterocycles. The molecule has 0 radical (unpaired) electrons. The third-order valence-electron chi connectivity index (χ3n) is 4.06. The van der Waals surface area contributed by atoms with Gasteiger partial charge in [-0.2, -0.15) is 5.10 Å². The van der Waals surface area contributed by atoms with Gasteiger partial charge in [0.1, 0.15) is 11.6 Å². The molecule has 6 heteroatoms. The fourth-order valence-corrected chi connectivity index (χ4v) is 3.06. The van der Waals surface area contributed by atoms with Crippen LogP contribution < -0.4 is 5.32 Å². The molecule has 0 unspecified atom stereocenters. The highest BCUT2D eigenvalue weighted by atomic mass is 16.5. The molecule has 1 amide bonds. The Morgan fingerprint density at radius 3 is 2.73 bits per heavy atom. The van der Waals surface area contributed by atoms with E-state index in [1.54, 1.807) is 6.07 Å². The molecule has 0 atom stereocenters. The maximum Gasteiger partial charge on any atom is 0.233 e. The number of nitrogens with one attached hydrogen (secondary N) is 1. The van der Waals surface area contributed by atoms with Crippen molar-refractivity contribution in [1.29, 1.82) is 0 Å². The van der Waals surface area contributed by atoms with Crippen molar-refractivity contribution < 1.29 is 9.32 Å². The monoisotopic (exact) mass is 302 g/mol. The molecule has 1 fully saturated rings. The van der Waals surface area contributed by atoms with Gasteiger partial charge in [-0.25, -0.2) is 4.68 Å². The molecule has 3 rings (SSSR count). The van der Waals surface area contributed by atoms with Crippen LogP contribution in [0.4, 0.5) is 5.82 Å². The van der Waals surface area contributed by atoms with Gasteiger partial charge in [0.2, 0.25) is 5.91 Å². The minimum absolute atomic E-state index is 0.104. The molecule has 1 aliphatic carbocycles. The summed E-state index contributed by atoms with van der Waals surface area (Å²) >= 11 is 0. The lowest BCUT2D eigenvalue weighted by atomic mass is 9.96. The Balaban J connectivity index is 1.70. The van der Waals surface area contributed by atoms with Crippen LogP contribution in [0.2, 0.25) is 0 Å². The van der Waals surface area contributed by atoms with E-state index in [2.05, 4.69) is 15.6 Å². The van der Waals surface area contributed by atoms with E-state index in [1.807, 2.05) is 24.6 Å². The van der Waals surface area contributed by atoms with Gasteiger partial charge in [0, 0.05) is 12.1 Å². The number of aromatic nitrogens is 3. The van der Waals surface area contributed by atoms with Gasteiger partial charge in [-0.05, 0) is 26.7 Å². The van der Waals surface area contributed by atoms with Crippen LogP contribution >= 0.6 is 0 Å². The largest absolute Gasteiger partial charge is 0.361 e. The summed E-state index contributed by atoms with van der Waals surface area (Å²) in [7, 11) is 0. The number of carbonyl (C=O) groups excluding carboxylic acids is 1. The molecule has 0 aromatic carbocycles. The average Bonchev–Trinajstić information content (AvgIpc) is 3.06. The standard InChI is InChI=1S/C16H22N4O2/c1-11-9-15(20(18-11)13-6-4-3-5-7-13)17-16(21)10-14-8-12(2)19-22-14/h8-9,13H,3-7,10H2,1-2H3,(H,17,21). The first-order valence-electron chi connectivity index (χ1n) is 7.90. The highest BCUT2D eigenvalue weighted by Gasteiger charge is 2.20. The molecule has 118 valence electrons. The van der Waals surface area contributed by atoms with Crippen LogP contribution in [0.5, 0.6) is 0 Å². The first kappa shape index (κ1) is 14.8. The van der Waals surface area contributed by atoms with Gasteiger partial charge in [0.15, 0.2) is 0 Å². The first-order valence-corrected chi connectivity index (χ1v) is 7.90. The van der Waals surface area contributed by atoms with E-state index in [-0.39, 0.29) is 12.3 Å². The van der Waals surface area contributed by atoms with Crippen molar-refractivity contribution in [2.24, 2.45) is 0 Å². The molecular weight excluding hydrogens is 280 g/mol. The van der Waals surface area contributed by atoms with Crippen molar-refractivity contribution in [2.45, 2.75) is 58.4 Å². The van der Waals surface area contributed by atoms with Crippen LogP contribution in [0.25, 0.3) is 0 Å². The molecule has 0 spiro atoms. The second kappa shape index (κ2) is 6.34. The summed E-state index contributed by atoms with van der Waals surface area (Å²) < 4.78 is 7.08. The van der Waals surface area contributed by atoms with Crippen molar-refractivity contribution >= 4 is 11.7 Å². The van der Waals surface area contributed by atoms with Gasteiger partial charge in [-0.1, -0.05) is 24.4 Å². The summed E-state index contributed by atoms with van der Waals surface area (Å²) in [5.41, 5.74) is 1.71. The van der Waals surface area contributed by atoms with Crippen LogP contribution in [0.3, 0.4) is 0 Å². The average molecular weight is 302 g/mol. The van der Waals surface area contributed by atoms with E-state index in [0.717, 1.165) is 30.0 Å². The number of hydrogen-bond acceptors (Lipinski definition) is 4. The number of carbonyl (C=O) groups is 1. The Bertz CT molecular complexity index is 653. The lowest BCUT2D eigenvalue weighted by molar-refractivity contribution is -0.115. The number of hydrogen-bond donors (Lipinski definition) is 1. The summed E-state index contributed by atoms with van der Waals surface area (Å²) in [6, 6.07) is 4.10. The van der Waals surface area contributed by atoms with Gasteiger partial charge in [-0.3, -0.25) is 4.79 Å². The molecule has 1 N–H and O–H groups in total. The maximum atomic E-state index is 12.2. The zero-order chi connectivity index (χ0) is 15.5. The molecule has 22 heavy (non-hydrogen) atoms. The van der Waals surface area contributed by atoms with Crippen molar-refractivity contribution in [1.82, 2.24) is 14.9 Å². The number of rotatable bonds is 4. The summed E-state index contributed by atoms with van der Waals surface area (Å²) in [5, 5.41) is 11.3. The van der Waals surface area contributed by atoms with Crippen LogP contribution in [0, 0.1) is 13.8 Å². The van der Waals surface area contributed by atoms with Gasteiger partial charge in [0.25, 0.3) is 0 Å². The molecular formula is C16H22N4O2. The van der Waals surface area contributed by atoms with E-state index in [9.17, 15) is 4.79 Å². The summed E-state index contributed by atoms with van der Waals surface area (Å²) in [6.45, 7) is 3.79. The molecule has 0 saturated heterocycles. The number of nitrogens with zero attached hydrogens (tertiary/aromatic N) is 3. The van der Waals surface area contributed by atoms with Crippen molar-refractivity contribution in [3.63, 3.8) is 0 Å². The van der Waals surface area contributed by atoms with Gasteiger partial charge in [0.05, 0.1) is 23.9 Å². The molecule has 2 aromatic rings. The third-order valence-corrected chi connectivity index (χ3v) is 4.06. The lowest BCUT2D eigenvalue weighted by Gasteiger charge is -2.23. The summed E-state index contributed by atoms with van der Waals surface area (Å²) in [6.07, 6.45) is 6.21. The van der Waals surface area contributed by atoms with E-state index < -0.39 is 0 Å². The third kappa shape index (κ3) is 3.37. The maximum absolute atomic E-state index is 12.2. The Morgan fingerprint density at radius 2 is 2.05 bits per heavy atom. The van der Waals surface area contributed by atoms with Gasteiger partial charge >= 0.3 is 0 Å². The molecule has 6 nitrogen and oxygen atoms in total. The Kier molecular flexibility index (Phi) is 4.27. The van der Waals surface area contributed by atoms with Crippen LogP contribution in [0.1, 0.15) is 55.3 Å². The zero-order valence-corrected chi connectivity index (χ0v) is 13.1. The molecule has 2 heterocycles. The van der Waals surface area contributed by atoms with E-state index in [4.69, 9.17) is 4.52 Å². The Morgan fingerprint density at radius 1 is 1.27 bits per heavy atom. The minimum atomic E-state index is -0.104. The predicted octanol–water partition coefficient (Wildman–Crippen LogP) is 3.17. The Hall–Kier alpha value is -2.11. The fourth-order valence-electron chi connectivity index (χ4n) is 3.06. The normalized spacial score (nSPS) is 15.9. The summed E-state index contributed by atoms with van der Waals surface area (Å²) in [4.78, 5) is 12.2. The molecule has 1 aliphatic rings. The molecule has 1 saturated carbocycles. The summed E-state index contributed by atoms with van der Waals surface area (Å²) in [5.74, 6) is 1.26. The zero-order valence-electron chi connectivity index (χ0n) is 13.1. The quantitative estimate of drug-likeness (QED) is 0.941. The number of amides is 1. The van der Waals surface area contributed by atoms with Crippen LogP contribution in [-0.4, -0.2) is 20.8 Å². The van der Waals surface area contributed by atoms with Crippen molar-refractivity contribution in [3.05, 3.63) is 29.3 Å². The van der Waals surface area contributed by atoms with E-state index >= 15 is 0 Å². The smallest absolute Gasteiger partial charge is 0.233 e. The number of anilines is 1. The highest BCUT2D eigenvalue weighted by molar-refractivity contribution is 5.91. The molecule has 0 bridgehead atoms. The van der Waals surface area contributed by atoms with Crippen molar-refractivity contribution in [2.75, 3.05) is 5.32 Å². The lowest BCUT2D eigenvalue weighted by Crippen LogP contribution is -2.21. The second-order valence-electron chi connectivity index (χ2n) is 6.07. The molecule has 0 aliphatic heterocycles. The Labute approximate surface area is 129 Å². The topological polar surface area (TPSA) is 73.0 Å².